The van der Waals surface area contributed by atoms with Gasteiger partial charge in [-0.2, -0.15) is 19.1 Å². The standard InChI is InChI=1S/C16H22N4P2S2/c1-17-18(2)22(24,16-13-9-6-10-14-16)20(4)19(3)21(17,23)15-11-7-5-8-12-15/h5-14H,1-4H3. The van der Waals surface area contributed by atoms with Gasteiger partial charge in [-0.25, -0.2) is 0 Å². The maximum absolute atomic E-state index is 6.22. The highest BCUT2D eigenvalue weighted by Crippen LogP contribution is 2.67. The summed E-state index contributed by atoms with van der Waals surface area (Å²) in [6, 6.07) is 20.7. The maximum Gasteiger partial charge on any atom is 0.133 e. The quantitative estimate of drug-likeness (QED) is 0.719. The van der Waals surface area contributed by atoms with Crippen molar-refractivity contribution in [2.24, 2.45) is 0 Å². The van der Waals surface area contributed by atoms with E-state index in [1.54, 1.807) is 0 Å². The second-order valence-electron chi connectivity index (χ2n) is 5.72. The molecule has 0 amide bonds. The van der Waals surface area contributed by atoms with E-state index in [0.717, 1.165) is 10.6 Å². The van der Waals surface area contributed by atoms with E-state index in [4.69, 9.17) is 23.6 Å². The smallest absolute Gasteiger partial charge is 0.133 e. The molecule has 0 aromatic heterocycles. The van der Waals surface area contributed by atoms with Crippen LogP contribution in [-0.2, 0) is 23.6 Å². The Morgan fingerprint density at radius 3 is 1.04 bits per heavy atom. The first-order valence-corrected chi connectivity index (χ1v) is 13.0. The van der Waals surface area contributed by atoms with E-state index in [1.807, 2.05) is 36.4 Å². The van der Waals surface area contributed by atoms with Crippen LogP contribution >= 0.6 is 12.7 Å². The third-order valence-corrected chi connectivity index (χ3v) is 15.1. The molecule has 0 unspecified atom stereocenters. The number of hydrogen-bond acceptors (Lipinski definition) is 2. The molecule has 0 atom stereocenters. The van der Waals surface area contributed by atoms with Crippen LogP contribution in [0.3, 0.4) is 0 Å². The van der Waals surface area contributed by atoms with E-state index in [1.165, 1.54) is 0 Å². The first-order valence-electron chi connectivity index (χ1n) is 7.62. The zero-order chi connectivity index (χ0) is 17.5. The van der Waals surface area contributed by atoms with Crippen molar-refractivity contribution >= 4 is 46.9 Å². The lowest BCUT2D eigenvalue weighted by atomic mass is 10.4. The number of benzene rings is 2. The van der Waals surface area contributed by atoms with Crippen molar-refractivity contribution in [3.8, 4) is 0 Å². The van der Waals surface area contributed by atoms with Crippen molar-refractivity contribution in [2.45, 2.75) is 0 Å². The molecule has 1 aliphatic heterocycles. The Morgan fingerprint density at radius 2 is 0.792 bits per heavy atom. The fourth-order valence-electron chi connectivity index (χ4n) is 2.99. The summed E-state index contributed by atoms with van der Waals surface area (Å²) in [5.74, 6) is 0. The molecule has 1 fully saturated rings. The van der Waals surface area contributed by atoms with Gasteiger partial charge < -0.3 is 0 Å². The monoisotopic (exact) mass is 396 g/mol. The molecule has 0 N–H and O–H groups in total. The van der Waals surface area contributed by atoms with Crippen LogP contribution in [-0.4, -0.2) is 47.3 Å². The van der Waals surface area contributed by atoms with Crippen LogP contribution in [0.15, 0.2) is 60.7 Å². The summed E-state index contributed by atoms with van der Waals surface area (Å²) in [7, 11) is 8.28. The molecule has 1 heterocycles. The molecule has 0 aliphatic carbocycles. The highest BCUT2D eigenvalue weighted by molar-refractivity contribution is 8.19. The first kappa shape index (κ1) is 18.4. The first-order chi connectivity index (χ1) is 11.3. The minimum atomic E-state index is -2.15. The average molecular weight is 396 g/mol. The molecule has 1 aliphatic rings. The minimum Gasteiger partial charge on any atom is -0.192 e. The van der Waals surface area contributed by atoms with Gasteiger partial charge in [0.25, 0.3) is 0 Å². The molecular weight excluding hydrogens is 374 g/mol. The van der Waals surface area contributed by atoms with E-state index in [0.29, 0.717) is 0 Å². The lowest BCUT2D eigenvalue weighted by Crippen LogP contribution is -2.54. The van der Waals surface area contributed by atoms with Crippen molar-refractivity contribution in [3.05, 3.63) is 60.7 Å². The van der Waals surface area contributed by atoms with Gasteiger partial charge in [0.05, 0.1) is 0 Å². The van der Waals surface area contributed by atoms with E-state index in [2.05, 4.69) is 71.6 Å². The van der Waals surface area contributed by atoms with E-state index in [-0.39, 0.29) is 0 Å². The van der Waals surface area contributed by atoms with E-state index >= 15 is 0 Å². The van der Waals surface area contributed by atoms with Gasteiger partial charge in [-0.15, -0.1) is 0 Å². The maximum atomic E-state index is 6.22. The number of hydrogen-bond donors (Lipinski definition) is 0. The van der Waals surface area contributed by atoms with Crippen molar-refractivity contribution in [1.82, 2.24) is 19.1 Å². The predicted octanol–water partition coefficient (Wildman–Crippen LogP) is 2.83. The molecule has 8 heteroatoms. The Morgan fingerprint density at radius 1 is 0.542 bits per heavy atom. The highest BCUT2D eigenvalue weighted by Gasteiger charge is 2.48. The zero-order valence-electron chi connectivity index (χ0n) is 14.3. The van der Waals surface area contributed by atoms with Crippen LogP contribution in [0.2, 0.25) is 0 Å². The minimum absolute atomic E-state index is 1.16. The average Bonchev–Trinajstić information content (AvgIpc) is 2.64. The molecule has 1 saturated heterocycles. The zero-order valence-corrected chi connectivity index (χ0v) is 17.7. The van der Waals surface area contributed by atoms with Crippen molar-refractivity contribution < 1.29 is 0 Å². The summed E-state index contributed by atoms with van der Waals surface area (Å²) < 4.78 is 8.80. The second kappa shape index (κ2) is 6.71. The molecule has 0 saturated carbocycles. The fourth-order valence-corrected chi connectivity index (χ4v) is 11.7. The molecular formula is C16H22N4P2S2. The van der Waals surface area contributed by atoms with Gasteiger partial charge >= 0.3 is 0 Å². The van der Waals surface area contributed by atoms with E-state index in [9.17, 15) is 0 Å². The van der Waals surface area contributed by atoms with Crippen LogP contribution in [0.1, 0.15) is 0 Å². The number of nitrogens with zero attached hydrogens (tertiary/aromatic N) is 4. The third kappa shape index (κ3) is 2.57. The van der Waals surface area contributed by atoms with Crippen LogP contribution in [0.4, 0.5) is 0 Å². The van der Waals surface area contributed by atoms with Gasteiger partial charge in [-0.1, -0.05) is 84.3 Å². The summed E-state index contributed by atoms with van der Waals surface area (Å²) in [4.78, 5) is 0. The molecule has 2 aromatic rings. The highest BCUT2D eigenvalue weighted by atomic mass is 32.5. The molecule has 4 nitrogen and oxygen atoms in total. The van der Waals surface area contributed by atoms with Crippen LogP contribution in [0.5, 0.6) is 0 Å². The van der Waals surface area contributed by atoms with Gasteiger partial charge in [-0.3, -0.25) is 0 Å². The van der Waals surface area contributed by atoms with E-state index < -0.39 is 12.7 Å². The van der Waals surface area contributed by atoms with Crippen molar-refractivity contribution in [3.63, 3.8) is 0 Å². The van der Waals surface area contributed by atoms with Crippen LogP contribution in [0.25, 0.3) is 0 Å². The molecule has 128 valence electrons. The molecule has 0 radical (unpaired) electrons. The molecule has 0 spiro atoms. The summed E-state index contributed by atoms with van der Waals surface area (Å²) in [5.41, 5.74) is 0. The molecule has 3 rings (SSSR count). The van der Waals surface area contributed by atoms with Gasteiger partial charge in [-0.05, 0) is 0 Å². The topological polar surface area (TPSA) is 13.0 Å². The fraction of sp³-hybridized carbons (Fsp3) is 0.250. The predicted molar refractivity (Wildman–Crippen MR) is 112 cm³/mol. The Kier molecular flexibility index (Phi) is 5.14. The van der Waals surface area contributed by atoms with Crippen molar-refractivity contribution in [1.29, 1.82) is 0 Å². The Bertz CT molecular complexity index is 722. The summed E-state index contributed by atoms with van der Waals surface area (Å²) in [6.45, 7) is 0. The number of rotatable bonds is 2. The van der Waals surface area contributed by atoms with Gasteiger partial charge in [0.2, 0.25) is 0 Å². The van der Waals surface area contributed by atoms with Gasteiger partial charge in [0.15, 0.2) is 0 Å². The largest absolute Gasteiger partial charge is 0.192 e. The Labute approximate surface area is 154 Å². The molecule has 2 aromatic carbocycles. The summed E-state index contributed by atoms with van der Waals surface area (Å²) >= 11 is 12.4. The third-order valence-electron chi connectivity index (χ3n) is 4.59. The van der Waals surface area contributed by atoms with Gasteiger partial charge in [0, 0.05) is 38.8 Å². The lowest BCUT2D eigenvalue weighted by Gasteiger charge is -2.57. The SMILES string of the molecule is CN1N(C)P(=S)(c2ccccc2)N(C)N(C)P1(=S)c1ccccc1. The van der Waals surface area contributed by atoms with Crippen LogP contribution < -0.4 is 10.6 Å². The number of hydrazine groups is 2. The van der Waals surface area contributed by atoms with Crippen molar-refractivity contribution in [2.75, 3.05) is 28.2 Å². The van der Waals surface area contributed by atoms with Gasteiger partial charge in [0.1, 0.15) is 12.7 Å². The summed E-state index contributed by atoms with van der Waals surface area (Å²) in [5, 5.41) is 2.33. The second-order valence-corrected chi connectivity index (χ2v) is 14.3. The normalized spacial score (nSPS) is 30.5. The molecule has 0 bridgehead atoms. The lowest BCUT2D eigenvalue weighted by molar-refractivity contribution is 0.145. The summed E-state index contributed by atoms with van der Waals surface area (Å²) in [6.07, 6.45) is -4.30. The Balaban J connectivity index is 2.15. The molecule has 24 heavy (non-hydrogen) atoms. The van der Waals surface area contributed by atoms with Crippen LogP contribution in [0, 0.1) is 0 Å². The Hall–Kier alpha value is -0.420.